The zero-order valence-electron chi connectivity index (χ0n) is 48.3. The van der Waals surface area contributed by atoms with Crippen LogP contribution in [-0.2, 0) is 26.2 Å². The summed E-state index contributed by atoms with van der Waals surface area (Å²) in [6.07, 6.45) is 11.1. The van der Waals surface area contributed by atoms with Crippen molar-refractivity contribution in [1.82, 2.24) is 59.1 Å². The van der Waals surface area contributed by atoms with Gasteiger partial charge in [0.1, 0.15) is 0 Å². The first-order valence-corrected chi connectivity index (χ1v) is 28.1. The third-order valence-corrected chi connectivity index (χ3v) is 14.9. The number of nitrogens with zero attached hydrogens (tertiary/aromatic N) is 12. The average Bonchev–Trinajstić information content (AvgIpc) is 3.90. The molecule has 75 heavy (non-hydrogen) atoms. The van der Waals surface area contributed by atoms with E-state index in [0.29, 0.717) is 42.0 Å². The van der Waals surface area contributed by atoms with Crippen LogP contribution in [-0.4, -0.2) is 209 Å². The summed E-state index contributed by atoms with van der Waals surface area (Å²) in [5, 5.41) is 0. The monoisotopic (exact) mass is 1040 g/mol. The zero-order chi connectivity index (χ0) is 54.1. The second-order valence-corrected chi connectivity index (χ2v) is 21.8. The number of aromatic nitrogens is 4. The number of rotatable bonds is 15. The lowest BCUT2D eigenvalue weighted by molar-refractivity contribution is 0.0564. The van der Waals surface area contributed by atoms with Gasteiger partial charge in [-0.1, -0.05) is 18.2 Å². The normalized spacial score (nSPS) is 19.5. The molecule has 4 fully saturated rings. The minimum Gasteiger partial charge on any atom is -0.481 e. The SMILES string of the molecule is CC(C)N1CCCN(Cc2ccccn2)CC1.COc1ccc(CN2CCCN(C(C)C)CC2)cn1.COc1ccc(CN2CCN(C(C)C)C(C)C2)cn1.COc1ncc(CN2CCCN(C(C)C)CC2)cc1F. The summed E-state index contributed by atoms with van der Waals surface area (Å²) < 4.78 is 28.7. The Balaban J connectivity index is 0.000000185. The molecule has 15 nitrogen and oxygen atoms in total. The second kappa shape index (κ2) is 33.0. The van der Waals surface area contributed by atoms with Crippen molar-refractivity contribution in [2.24, 2.45) is 0 Å². The number of pyridine rings is 4. The molecule has 4 aromatic rings. The molecule has 8 rings (SSSR count). The predicted octanol–water partition coefficient (Wildman–Crippen LogP) is 8.15. The molecule has 0 saturated carbocycles. The summed E-state index contributed by atoms with van der Waals surface area (Å²) in [7, 11) is 4.73. The Hall–Kier alpha value is -4.39. The van der Waals surface area contributed by atoms with Crippen LogP contribution in [0.15, 0.2) is 73.3 Å². The van der Waals surface area contributed by atoms with Crippen LogP contribution < -0.4 is 14.2 Å². The lowest BCUT2D eigenvalue weighted by Crippen LogP contribution is -2.53. The number of hydrogen-bond donors (Lipinski definition) is 0. The fraction of sp³-hybridized carbons (Fsp3) is 0.661. The molecular formula is C59H97FN12O3. The van der Waals surface area contributed by atoms with E-state index in [1.807, 2.05) is 36.8 Å². The molecule has 0 bridgehead atoms. The quantitative estimate of drug-likeness (QED) is 0.114. The van der Waals surface area contributed by atoms with Crippen LogP contribution in [0.1, 0.15) is 104 Å². The molecule has 4 aliphatic rings. The first-order valence-electron chi connectivity index (χ1n) is 28.1. The van der Waals surface area contributed by atoms with E-state index in [1.54, 1.807) is 20.4 Å². The molecule has 8 heterocycles. The highest BCUT2D eigenvalue weighted by atomic mass is 19.1. The molecule has 16 heteroatoms. The summed E-state index contributed by atoms with van der Waals surface area (Å²) in [6, 6.07) is 19.0. The van der Waals surface area contributed by atoms with Gasteiger partial charge in [-0.3, -0.25) is 44.2 Å². The van der Waals surface area contributed by atoms with Crippen molar-refractivity contribution in [2.45, 2.75) is 138 Å². The Labute approximate surface area is 452 Å². The molecule has 4 saturated heterocycles. The molecule has 1 atom stereocenters. The van der Waals surface area contributed by atoms with Crippen molar-refractivity contribution in [3.8, 4) is 17.6 Å². The van der Waals surface area contributed by atoms with Crippen LogP contribution in [0.4, 0.5) is 4.39 Å². The van der Waals surface area contributed by atoms with Gasteiger partial charge in [0.2, 0.25) is 17.6 Å². The highest BCUT2D eigenvalue weighted by Gasteiger charge is 2.26. The van der Waals surface area contributed by atoms with Crippen molar-refractivity contribution < 1.29 is 18.6 Å². The molecule has 0 radical (unpaired) electrons. The van der Waals surface area contributed by atoms with Gasteiger partial charge in [0, 0.05) is 152 Å². The fourth-order valence-corrected chi connectivity index (χ4v) is 10.4. The van der Waals surface area contributed by atoms with E-state index in [1.165, 1.54) is 82.1 Å². The van der Waals surface area contributed by atoms with E-state index in [0.717, 1.165) is 97.1 Å². The summed E-state index contributed by atoms with van der Waals surface area (Å²) >= 11 is 0. The van der Waals surface area contributed by atoms with Crippen molar-refractivity contribution >= 4 is 0 Å². The highest BCUT2D eigenvalue weighted by Crippen LogP contribution is 2.19. The van der Waals surface area contributed by atoms with Gasteiger partial charge in [0.25, 0.3) is 0 Å². The van der Waals surface area contributed by atoms with Crippen molar-refractivity contribution in [1.29, 1.82) is 0 Å². The van der Waals surface area contributed by atoms with E-state index in [2.05, 4.69) is 146 Å². The van der Waals surface area contributed by atoms with Crippen LogP contribution >= 0.6 is 0 Å². The number of halogens is 1. The Morgan fingerprint density at radius 2 is 0.947 bits per heavy atom. The number of piperazine rings is 1. The summed E-state index contributed by atoms with van der Waals surface area (Å²) in [5.41, 5.74) is 4.61. The van der Waals surface area contributed by atoms with Crippen LogP contribution in [0.2, 0.25) is 0 Å². The topological polar surface area (TPSA) is 105 Å². The second-order valence-electron chi connectivity index (χ2n) is 21.8. The van der Waals surface area contributed by atoms with Gasteiger partial charge >= 0.3 is 0 Å². The van der Waals surface area contributed by atoms with Gasteiger partial charge < -0.3 is 14.2 Å². The minimum absolute atomic E-state index is 0.0654. The number of ether oxygens (including phenoxy) is 3. The molecule has 0 aromatic carbocycles. The minimum atomic E-state index is -0.386. The fourth-order valence-electron chi connectivity index (χ4n) is 10.4. The van der Waals surface area contributed by atoms with Gasteiger partial charge in [-0.05, 0) is 156 Å². The largest absolute Gasteiger partial charge is 0.481 e. The lowest BCUT2D eigenvalue weighted by atomic mass is 10.1. The summed E-state index contributed by atoms with van der Waals surface area (Å²) in [5.74, 6) is 1.05. The summed E-state index contributed by atoms with van der Waals surface area (Å²) in [6.45, 7) is 41.4. The van der Waals surface area contributed by atoms with E-state index in [4.69, 9.17) is 14.2 Å². The molecule has 4 aliphatic heterocycles. The van der Waals surface area contributed by atoms with Crippen molar-refractivity contribution in [3.63, 3.8) is 0 Å². The molecule has 0 spiro atoms. The van der Waals surface area contributed by atoms with E-state index < -0.39 is 0 Å². The van der Waals surface area contributed by atoms with E-state index >= 15 is 0 Å². The molecule has 1 unspecified atom stereocenters. The van der Waals surface area contributed by atoms with Gasteiger partial charge in [-0.25, -0.2) is 19.3 Å². The molecular weight excluding hydrogens is 944 g/mol. The molecule has 4 aromatic heterocycles. The van der Waals surface area contributed by atoms with Crippen LogP contribution in [0.25, 0.3) is 0 Å². The van der Waals surface area contributed by atoms with Crippen molar-refractivity contribution in [3.05, 3.63) is 102 Å². The standard InChI is InChI=1S/C15H24FN3O.2C15H25N3O.C14H23N3/c1-12(2)19-6-4-5-18(7-8-19)11-13-9-14(16)15(20-3)17-10-13;1-12(2)18-8-7-17(10-13(18)3)11-14-5-6-15(19-4)16-9-14;1-13(2)18-8-4-7-17(9-10-18)12-14-5-6-15(19-3)16-11-14;1-13(2)17-9-5-8-16(10-11-17)12-14-6-3-4-7-15-14/h9-10,12H,4-8,11H2,1-3H3;5-6,9,12-13H,7-8,10-11H2,1-4H3;5-6,11,13H,4,7-10,12H2,1-3H3;3-4,6-7,13H,5,8-12H2,1-2H3. The van der Waals surface area contributed by atoms with E-state index in [9.17, 15) is 4.39 Å². The molecule has 418 valence electrons. The maximum Gasteiger partial charge on any atom is 0.250 e. The van der Waals surface area contributed by atoms with Gasteiger partial charge in [0.15, 0.2) is 5.82 Å². The first kappa shape index (κ1) is 61.5. The molecule has 0 N–H and O–H groups in total. The maximum absolute atomic E-state index is 13.6. The Morgan fingerprint density at radius 1 is 0.480 bits per heavy atom. The van der Waals surface area contributed by atoms with E-state index in [-0.39, 0.29) is 11.7 Å². The summed E-state index contributed by atoms with van der Waals surface area (Å²) in [4.78, 5) is 37.0. The molecule has 0 amide bonds. The lowest BCUT2D eigenvalue weighted by Gasteiger charge is -2.42. The van der Waals surface area contributed by atoms with Gasteiger partial charge in [-0.15, -0.1) is 0 Å². The van der Waals surface area contributed by atoms with Crippen LogP contribution in [0, 0.1) is 5.82 Å². The average molecular weight is 1040 g/mol. The first-order chi connectivity index (χ1) is 36.1. The van der Waals surface area contributed by atoms with Gasteiger partial charge in [-0.2, -0.15) is 0 Å². The predicted molar refractivity (Wildman–Crippen MR) is 303 cm³/mol. The Morgan fingerprint density at radius 3 is 1.35 bits per heavy atom. The van der Waals surface area contributed by atoms with Crippen molar-refractivity contribution in [2.75, 3.05) is 120 Å². The third-order valence-electron chi connectivity index (χ3n) is 14.9. The Kier molecular flexibility index (Phi) is 27.1. The third kappa shape index (κ3) is 21.9. The number of methoxy groups -OCH3 is 3. The zero-order valence-corrected chi connectivity index (χ0v) is 48.3. The maximum atomic E-state index is 13.6. The molecule has 0 aliphatic carbocycles. The Bertz CT molecular complexity index is 2090. The van der Waals surface area contributed by atoms with Crippen LogP contribution in [0.5, 0.6) is 17.6 Å². The highest BCUT2D eigenvalue weighted by molar-refractivity contribution is 5.21. The number of hydrogen-bond acceptors (Lipinski definition) is 15. The smallest absolute Gasteiger partial charge is 0.250 e. The van der Waals surface area contributed by atoms with Gasteiger partial charge in [0.05, 0.1) is 27.0 Å². The van der Waals surface area contributed by atoms with Crippen LogP contribution in [0.3, 0.4) is 0 Å².